The summed E-state index contributed by atoms with van der Waals surface area (Å²) in [5.74, 6) is 5.69. The van der Waals surface area contributed by atoms with Crippen molar-refractivity contribution >= 4 is 5.78 Å². The number of hydrogen-bond acceptors (Lipinski definition) is 2. The summed E-state index contributed by atoms with van der Waals surface area (Å²) in [6.07, 6.45) is 2.06. The molecule has 52 valence electrons. The van der Waals surface area contributed by atoms with Crippen molar-refractivity contribution in [3.05, 3.63) is 0 Å². The van der Waals surface area contributed by atoms with Crippen molar-refractivity contribution in [2.75, 3.05) is 7.05 Å². The van der Waals surface area contributed by atoms with Crippen molar-refractivity contribution in [3.63, 3.8) is 0 Å². The van der Waals surface area contributed by atoms with Crippen LogP contribution in [0.5, 0.6) is 0 Å². The predicted octanol–water partition coefficient (Wildman–Crippen LogP) is 0.0353. The van der Waals surface area contributed by atoms with Crippen LogP contribution in [0.15, 0.2) is 0 Å². The van der Waals surface area contributed by atoms with Crippen LogP contribution < -0.4 is 0 Å². The second kappa shape index (κ2) is 1.83. The fourth-order valence-electron chi connectivity index (χ4n) is 1.67. The molecular formula is C8H9NO. The van der Waals surface area contributed by atoms with Crippen LogP contribution in [-0.2, 0) is 4.79 Å². The van der Waals surface area contributed by atoms with Gasteiger partial charge in [-0.15, -0.1) is 0 Å². The van der Waals surface area contributed by atoms with Crippen LogP contribution in [-0.4, -0.2) is 29.8 Å². The molecule has 0 N–H and O–H groups in total. The monoisotopic (exact) mass is 135 g/mol. The third kappa shape index (κ3) is 0.614. The van der Waals surface area contributed by atoms with E-state index in [4.69, 9.17) is 0 Å². The lowest BCUT2D eigenvalue weighted by Crippen LogP contribution is -2.39. The van der Waals surface area contributed by atoms with E-state index >= 15 is 0 Å². The van der Waals surface area contributed by atoms with Crippen LogP contribution in [0.3, 0.4) is 0 Å². The zero-order valence-electron chi connectivity index (χ0n) is 5.92. The predicted molar refractivity (Wildman–Crippen MR) is 37.4 cm³/mol. The summed E-state index contributed by atoms with van der Waals surface area (Å²) in [6.45, 7) is 0. The first kappa shape index (κ1) is 5.94. The fourth-order valence-corrected chi connectivity index (χ4v) is 1.67. The molecule has 2 heterocycles. The van der Waals surface area contributed by atoms with Gasteiger partial charge in [-0.05, 0) is 25.8 Å². The van der Waals surface area contributed by atoms with Gasteiger partial charge in [0.05, 0.1) is 12.1 Å². The van der Waals surface area contributed by atoms with Gasteiger partial charge in [-0.1, -0.05) is 5.92 Å². The minimum absolute atomic E-state index is 0.108. The Bertz CT molecular complexity index is 235. The number of nitrogens with zero attached hydrogens (tertiary/aromatic N) is 1. The molecular weight excluding hydrogens is 126 g/mol. The van der Waals surface area contributed by atoms with Crippen LogP contribution in [0.2, 0.25) is 0 Å². The van der Waals surface area contributed by atoms with E-state index in [-0.39, 0.29) is 11.8 Å². The van der Waals surface area contributed by atoms with Crippen LogP contribution >= 0.6 is 0 Å². The Morgan fingerprint density at radius 3 is 3.10 bits per heavy atom. The minimum atomic E-state index is 0.108. The maximum Gasteiger partial charge on any atom is 0.222 e. The second-order valence-corrected chi connectivity index (χ2v) is 2.91. The van der Waals surface area contributed by atoms with Gasteiger partial charge in [0.25, 0.3) is 0 Å². The highest BCUT2D eigenvalue weighted by atomic mass is 16.1. The van der Waals surface area contributed by atoms with Gasteiger partial charge in [0.15, 0.2) is 0 Å². The zero-order valence-corrected chi connectivity index (χ0v) is 5.92. The summed E-state index contributed by atoms with van der Waals surface area (Å²) in [5, 5.41) is 0. The molecule has 2 rings (SSSR count). The number of fused-ring (bicyclic) bond motifs is 2. The topological polar surface area (TPSA) is 20.3 Å². The van der Waals surface area contributed by atoms with Gasteiger partial charge in [0.1, 0.15) is 0 Å². The van der Waals surface area contributed by atoms with Crippen molar-refractivity contribution in [2.24, 2.45) is 0 Å². The molecule has 1 saturated heterocycles. The molecule has 0 aromatic carbocycles. The molecule has 2 aliphatic rings. The van der Waals surface area contributed by atoms with E-state index in [2.05, 4.69) is 16.7 Å². The molecule has 2 heteroatoms. The van der Waals surface area contributed by atoms with Crippen molar-refractivity contribution in [2.45, 2.75) is 24.9 Å². The first-order valence-corrected chi connectivity index (χ1v) is 3.56. The van der Waals surface area contributed by atoms with Gasteiger partial charge in [-0.3, -0.25) is 9.69 Å². The highest BCUT2D eigenvalue weighted by Gasteiger charge is 2.35. The summed E-state index contributed by atoms with van der Waals surface area (Å²) in [6, 6.07) is 0.481. The normalized spacial score (nSPS) is 37.5. The molecule has 0 aromatic rings. The van der Waals surface area contributed by atoms with Gasteiger partial charge in [-0.2, -0.15) is 0 Å². The molecule has 2 atom stereocenters. The van der Waals surface area contributed by atoms with E-state index in [1.165, 1.54) is 0 Å². The first-order chi connectivity index (χ1) is 4.79. The Hall–Kier alpha value is -0.810. The molecule has 1 fully saturated rings. The van der Waals surface area contributed by atoms with Crippen molar-refractivity contribution < 1.29 is 4.79 Å². The number of hydrogen-bond donors (Lipinski definition) is 0. The highest BCUT2D eigenvalue weighted by Crippen LogP contribution is 2.24. The Balaban J connectivity index is 2.38. The van der Waals surface area contributed by atoms with E-state index in [0.29, 0.717) is 6.04 Å². The number of likely N-dealkylation sites (N-methyl/N-ethyl adjacent to an activating group) is 1. The summed E-state index contributed by atoms with van der Waals surface area (Å²) < 4.78 is 0. The fraction of sp³-hybridized carbons (Fsp3) is 0.625. The summed E-state index contributed by atoms with van der Waals surface area (Å²) in [4.78, 5) is 13.1. The average Bonchev–Trinajstić information content (AvgIpc) is 2.13. The van der Waals surface area contributed by atoms with Gasteiger partial charge in [0, 0.05) is 0 Å². The van der Waals surface area contributed by atoms with Crippen LogP contribution in [0.4, 0.5) is 0 Å². The lowest BCUT2D eigenvalue weighted by molar-refractivity contribution is -0.118. The second-order valence-electron chi connectivity index (χ2n) is 2.91. The average molecular weight is 135 g/mol. The van der Waals surface area contributed by atoms with E-state index in [0.717, 1.165) is 12.8 Å². The molecule has 0 aromatic heterocycles. The smallest absolute Gasteiger partial charge is 0.222 e. The molecule has 2 aliphatic heterocycles. The molecule has 0 aliphatic carbocycles. The highest BCUT2D eigenvalue weighted by molar-refractivity contribution is 6.01. The molecule has 2 bridgehead atoms. The molecule has 0 amide bonds. The number of carbonyl (C=O) groups excluding carboxylic acids is 1. The van der Waals surface area contributed by atoms with Crippen LogP contribution in [0.1, 0.15) is 12.8 Å². The summed E-state index contributed by atoms with van der Waals surface area (Å²) in [5.41, 5.74) is 0. The molecule has 0 saturated carbocycles. The van der Waals surface area contributed by atoms with Gasteiger partial charge >= 0.3 is 0 Å². The van der Waals surface area contributed by atoms with Gasteiger partial charge in [0.2, 0.25) is 5.78 Å². The molecule has 0 unspecified atom stereocenters. The third-order valence-electron chi connectivity index (χ3n) is 2.36. The van der Waals surface area contributed by atoms with Crippen molar-refractivity contribution in [1.82, 2.24) is 4.90 Å². The lowest BCUT2D eigenvalue weighted by atomic mass is 10.1. The number of ketones is 1. The molecule has 2 nitrogen and oxygen atoms in total. The number of carbonyl (C=O) groups is 1. The van der Waals surface area contributed by atoms with Crippen molar-refractivity contribution in [1.29, 1.82) is 0 Å². The Kier molecular flexibility index (Phi) is 1.09. The van der Waals surface area contributed by atoms with Gasteiger partial charge < -0.3 is 0 Å². The summed E-state index contributed by atoms with van der Waals surface area (Å²) >= 11 is 0. The van der Waals surface area contributed by atoms with Crippen LogP contribution in [0.25, 0.3) is 0 Å². The number of Topliss-reactive ketones (excluding diaryl/α,β-unsaturated/α-hetero) is 1. The standard InChI is InChI=1S/C8H9NO/c1-9-6-2-4-7(9)8(10)5-3-6/h6-7H,2,4H2,1H3/t6-,7+/m0/s1. The minimum Gasteiger partial charge on any atom is -0.283 e. The summed E-state index contributed by atoms with van der Waals surface area (Å²) in [7, 11) is 1.98. The number of rotatable bonds is 0. The van der Waals surface area contributed by atoms with E-state index in [1.807, 2.05) is 7.05 Å². The van der Waals surface area contributed by atoms with E-state index in [1.54, 1.807) is 0 Å². The quantitative estimate of drug-likeness (QED) is 0.345. The van der Waals surface area contributed by atoms with E-state index < -0.39 is 0 Å². The third-order valence-corrected chi connectivity index (χ3v) is 2.36. The van der Waals surface area contributed by atoms with Crippen molar-refractivity contribution in [3.8, 4) is 11.8 Å². The SMILES string of the molecule is CN1[C@@H]2C#CC(=O)[C@H]1CC2. The largest absolute Gasteiger partial charge is 0.283 e. The Labute approximate surface area is 60.2 Å². The molecule has 10 heavy (non-hydrogen) atoms. The van der Waals surface area contributed by atoms with E-state index in [9.17, 15) is 4.79 Å². The Morgan fingerprint density at radius 1 is 1.60 bits per heavy atom. The first-order valence-electron chi connectivity index (χ1n) is 3.56. The van der Waals surface area contributed by atoms with Gasteiger partial charge in [-0.25, -0.2) is 0 Å². The molecule has 0 spiro atoms. The van der Waals surface area contributed by atoms with Crippen LogP contribution in [0, 0.1) is 11.8 Å². The zero-order chi connectivity index (χ0) is 7.14. The Morgan fingerprint density at radius 2 is 2.40 bits per heavy atom. The lowest BCUT2D eigenvalue weighted by Gasteiger charge is -2.22. The maximum atomic E-state index is 11.0. The molecule has 0 radical (unpaired) electrons. The maximum absolute atomic E-state index is 11.0.